The molecule has 100 valence electrons. The molecule has 0 saturated heterocycles. The average molecular weight is 261 g/mol. The van der Waals surface area contributed by atoms with Crippen LogP contribution in [0.2, 0.25) is 0 Å². The fraction of sp³-hybridized carbons (Fsp3) is 0.214. The summed E-state index contributed by atoms with van der Waals surface area (Å²) in [4.78, 5) is 4.00. The summed E-state index contributed by atoms with van der Waals surface area (Å²) in [6.45, 7) is -0.0419. The van der Waals surface area contributed by atoms with Gasteiger partial charge in [-0.15, -0.1) is 0 Å². The molecule has 0 aliphatic heterocycles. The van der Waals surface area contributed by atoms with E-state index in [2.05, 4.69) is 4.98 Å². The van der Waals surface area contributed by atoms with Gasteiger partial charge in [-0.1, -0.05) is 6.07 Å². The van der Waals surface area contributed by atoms with Crippen LogP contribution in [0.3, 0.4) is 0 Å². The number of aromatic nitrogens is 1. The van der Waals surface area contributed by atoms with Gasteiger partial charge in [0.2, 0.25) is 5.88 Å². The van der Waals surface area contributed by atoms with Gasteiger partial charge in [0.25, 0.3) is 0 Å². The summed E-state index contributed by atoms with van der Waals surface area (Å²) in [6.07, 6.45) is 1.60. The summed E-state index contributed by atoms with van der Waals surface area (Å²) >= 11 is 0. The summed E-state index contributed by atoms with van der Waals surface area (Å²) < 4.78 is 16.0. The quantitative estimate of drug-likeness (QED) is 0.895. The lowest BCUT2D eigenvalue weighted by Crippen LogP contribution is -1.93. The minimum absolute atomic E-state index is 0.0419. The van der Waals surface area contributed by atoms with Crippen molar-refractivity contribution in [3.05, 3.63) is 42.1 Å². The molecule has 0 amide bonds. The number of hydrogen-bond acceptors (Lipinski definition) is 5. The van der Waals surface area contributed by atoms with Gasteiger partial charge in [-0.25, -0.2) is 4.98 Å². The summed E-state index contributed by atoms with van der Waals surface area (Å²) in [6, 6.07) is 8.66. The van der Waals surface area contributed by atoms with Crippen molar-refractivity contribution in [2.75, 3.05) is 14.2 Å². The van der Waals surface area contributed by atoms with Crippen LogP contribution in [-0.4, -0.2) is 24.3 Å². The molecule has 1 aromatic heterocycles. The lowest BCUT2D eigenvalue weighted by atomic mass is 10.2. The third-order valence-electron chi connectivity index (χ3n) is 2.55. The summed E-state index contributed by atoms with van der Waals surface area (Å²) in [7, 11) is 3.10. The van der Waals surface area contributed by atoms with Crippen LogP contribution in [-0.2, 0) is 6.61 Å². The maximum Gasteiger partial charge on any atom is 0.216 e. The van der Waals surface area contributed by atoms with E-state index < -0.39 is 0 Å². The fourth-order valence-electron chi connectivity index (χ4n) is 1.59. The van der Waals surface area contributed by atoms with Crippen LogP contribution in [0.15, 0.2) is 36.5 Å². The minimum Gasteiger partial charge on any atom is -0.493 e. The van der Waals surface area contributed by atoms with Gasteiger partial charge in [-0.2, -0.15) is 0 Å². The monoisotopic (exact) mass is 261 g/mol. The molecule has 0 atom stereocenters. The van der Waals surface area contributed by atoms with Gasteiger partial charge in [0.05, 0.1) is 20.8 Å². The van der Waals surface area contributed by atoms with E-state index in [1.807, 2.05) is 0 Å². The van der Waals surface area contributed by atoms with Gasteiger partial charge in [0, 0.05) is 12.3 Å². The zero-order chi connectivity index (χ0) is 13.7. The molecule has 19 heavy (non-hydrogen) atoms. The summed E-state index contributed by atoms with van der Waals surface area (Å²) in [5.74, 6) is 2.20. The Kier molecular flexibility index (Phi) is 4.20. The third kappa shape index (κ3) is 3.14. The van der Waals surface area contributed by atoms with Gasteiger partial charge >= 0.3 is 0 Å². The van der Waals surface area contributed by atoms with E-state index >= 15 is 0 Å². The normalized spacial score (nSPS) is 10.1. The second kappa shape index (κ2) is 6.06. The minimum atomic E-state index is -0.0419. The number of methoxy groups -OCH3 is 2. The molecule has 2 rings (SSSR count). The number of benzene rings is 1. The number of aliphatic hydroxyl groups is 1. The van der Waals surface area contributed by atoms with Crippen molar-refractivity contribution >= 4 is 0 Å². The van der Waals surface area contributed by atoms with Crippen LogP contribution in [0.25, 0.3) is 0 Å². The molecule has 0 unspecified atom stereocenters. The van der Waals surface area contributed by atoms with Crippen LogP contribution in [0.1, 0.15) is 5.56 Å². The van der Waals surface area contributed by atoms with Crippen molar-refractivity contribution in [1.29, 1.82) is 0 Å². The van der Waals surface area contributed by atoms with Crippen molar-refractivity contribution in [3.63, 3.8) is 0 Å². The largest absolute Gasteiger partial charge is 0.493 e. The topological polar surface area (TPSA) is 60.8 Å². The van der Waals surface area contributed by atoms with E-state index in [0.29, 0.717) is 23.1 Å². The Hall–Kier alpha value is -2.27. The number of pyridine rings is 1. The van der Waals surface area contributed by atoms with Crippen LogP contribution < -0.4 is 14.2 Å². The molecule has 0 bridgehead atoms. The standard InChI is InChI=1S/C14H15NO4/c1-17-13-7-10(9-16)3-4-12(13)19-11-5-6-15-14(8-11)18-2/h3-8,16H,9H2,1-2H3. The van der Waals surface area contributed by atoms with Crippen LogP contribution in [0.4, 0.5) is 0 Å². The molecule has 0 spiro atoms. The van der Waals surface area contributed by atoms with Gasteiger partial charge in [-0.3, -0.25) is 0 Å². The van der Waals surface area contributed by atoms with Crippen molar-refractivity contribution < 1.29 is 19.3 Å². The number of hydrogen-bond donors (Lipinski definition) is 1. The Morgan fingerprint density at radius 2 is 1.89 bits per heavy atom. The molecule has 0 fully saturated rings. The first-order chi connectivity index (χ1) is 9.26. The second-order valence-corrected chi connectivity index (χ2v) is 3.78. The molecular weight excluding hydrogens is 246 g/mol. The van der Waals surface area contributed by atoms with E-state index in [4.69, 9.17) is 19.3 Å². The Labute approximate surface area is 111 Å². The molecule has 0 saturated carbocycles. The third-order valence-corrected chi connectivity index (χ3v) is 2.55. The highest BCUT2D eigenvalue weighted by Crippen LogP contribution is 2.32. The van der Waals surface area contributed by atoms with E-state index in [0.717, 1.165) is 5.56 Å². The maximum atomic E-state index is 9.09. The zero-order valence-electron chi connectivity index (χ0n) is 10.8. The SMILES string of the molecule is COc1cc(Oc2ccc(CO)cc2OC)ccn1. The highest BCUT2D eigenvalue weighted by molar-refractivity contribution is 5.45. The van der Waals surface area contributed by atoms with E-state index in [1.54, 1.807) is 50.7 Å². The summed E-state index contributed by atoms with van der Waals surface area (Å²) in [5.41, 5.74) is 0.761. The highest BCUT2D eigenvalue weighted by atomic mass is 16.5. The number of ether oxygens (including phenoxy) is 3. The van der Waals surface area contributed by atoms with Gasteiger partial charge < -0.3 is 19.3 Å². The number of rotatable bonds is 5. The number of nitrogens with zero attached hydrogens (tertiary/aromatic N) is 1. The smallest absolute Gasteiger partial charge is 0.216 e. The Morgan fingerprint density at radius 1 is 1.05 bits per heavy atom. The van der Waals surface area contributed by atoms with Gasteiger partial charge in [-0.05, 0) is 23.8 Å². The van der Waals surface area contributed by atoms with Gasteiger partial charge in [0.15, 0.2) is 11.5 Å². The predicted octanol–water partition coefficient (Wildman–Crippen LogP) is 2.38. The van der Waals surface area contributed by atoms with E-state index in [9.17, 15) is 0 Å². The first-order valence-electron chi connectivity index (χ1n) is 5.72. The van der Waals surface area contributed by atoms with E-state index in [-0.39, 0.29) is 6.61 Å². The molecule has 0 aliphatic rings. The van der Waals surface area contributed by atoms with E-state index in [1.165, 1.54) is 0 Å². The van der Waals surface area contributed by atoms with Crippen molar-refractivity contribution in [1.82, 2.24) is 4.98 Å². The zero-order valence-corrected chi connectivity index (χ0v) is 10.8. The lowest BCUT2D eigenvalue weighted by Gasteiger charge is -2.11. The fourth-order valence-corrected chi connectivity index (χ4v) is 1.59. The van der Waals surface area contributed by atoms with Gasteiger partial charge in [0.1, 0.15) is 5.75 Å². The molecule has 1 aromatic carbocycles. The van der Waals surface area contributed by atoms with Crippen LogP contribution in [0, 0.1) is 0 Å². The molecule has 1 heterocycles. The molecule has 0 aliphatic carbocycles. The Morgan fingerprint density at radius 3 is 2.58 bits per heavy atom. The molecular formula is C14H15NO4. The molecule has 1 N–H and O–H groups in total. The number of aliphatic hydroxyl groups excluding tert-OH is 1. The Balaban J connectivity index is 2.26. The molecule has 5 heteroatoms. The predicted molar refractivity (Wildman–Crippen MR) is 69.8 cm³/mol. The maximum absolute atomic E-state index is 9.09. The van der Waals surface area contributed by atoms with Crippen molar-refractivity contribution in [2.24, 2.45) is 0 Å². The molecule has 2 aromatic rings. The van der Waals surface area contributed by atoms with Crippen molar-refractivity contribution in [2.45, 2.75) is 6.61 Å². The molecule has 5 nitrogen and oxygen atoms in total. The highest BCUT2D eigenvalue weighted by Gasteiger charge is 2.07. The Bertz CT molecular complexity index is 557. The van der Waals surface area contributed by atoms with Crippen LogP contribution >= 0.6 is 0 Å². The average Bonchev–Trinajstić information content (AvgIpc) is 2.48. The van der Waals surface area contributed by atoms with Crippen molar-refractivity contribution in [3.8, 4) is 23.1 Å². The molecule has 0 radical (unpaired) electrons. The van der Waals surface area contributed by atoms with Crippen LogP contribution in [0.5, 0.6) is 23.1 Å². The first-order valence-corrected chi connectivity index (χ1v) is 5.72. The first kappa shape index (κ1) is 13.2. The lowest BCUT2D eigenvalue weighted by molar-refractivity contribution is 0.280. The second-order valence-electron chi connectivity index (χ2n) is 3.78. The summed E-state index contributed by atoms with van der Waals surface area (Å²) in [5, 5.41) is 9.09.